The van der Waals surface area contributed by atoms with Crippen LogP contribution in [0.1, 0.15) is 42.8 Å². The van der Waals surface area contributed by atoms with Gasteiger partial charge in [-0.1, -0.05) is 30.3 Å². The molecule has 0 saturated heterocycles. The van der Waals surface area contributed by atoms with Crippen molar-refractivity contribution in [1.82, 2.24) is 15.6 Å². The van der Waals surface area contributed by atoms with Gasteiger partial charge in [0.05, 0.1) is 17.8 Å². The van der Waals surface area contributed by atoms with Crippen molar-refractivity contribution in [1.29, 1.82) is 0 Å². The lowest BCUT2D eigenvalue weighted by molar-refractivity contribution is 0.234. The molecule has 0 unspecified atom stereocenters. The van der Waals surface area contributed by atoms with Crippen molar-refractivity contribution >= 4 is 6.03 Å². The molecule has 2 N–H and O–H groups in total. The molecule has 0 saturated carbocycles. The van der Waals surface area contributed by atoms with Gasteiger partial charge in [-0.3, -0.25) is 4.98 Å². The molecule has 0 aliphatic rings. The van der Waals surface area contributed by atoms with Crippen molar-refractivity contribution in [3.8, 4) is 0 Å². The lowest BCUT2D eigenvalue weighted by Crippen LogP contribution is -2.38. The van der Waals surface area contributed by atoms with Gasteiger partial charge in [0.25, 0.3) is 0 Å². The molecule has 2 rings (SSSR count). The predicted octanol–water partition coefficient (Wildman–Crippen LogP) is 3.51. The Morgan fingerprint density at radius 1 is 1.00 bits per heavy atom. The first-order valence-corrected chi connectivity index (χ1v) is 7.11. The Balaban J connectivity index is 1.94. The number of hydrogen-bond donors (Lipinski definition) is 2. The minimum absolute atomic E-state index is 0.0397. The summed E-state index contributed by atoms with van der Waals surface area (Å²) in [7, 11) is 0. The van der Waals surface area contributed by atoms with E-state index in [0.29, 0.717) is 0 Å². The molecule has 0 aliphatic heterocycles. The lowest BCUT2D eigenvalue weighted by Gasteiger charge is -2.19. The van der Waals surface area contributed by atoms with Gasteiger partial charge < -0.3 is 10.6 Å². The molecule has 0 aliphatic carbocycles. The maximum Gasteiger partial charge on any atom is 0.315 e. The van der Waals surface area contributed by atoms with Gasteiger partial charge >= 0.3 is 6.03 Å². The molecule has 0 fully saturated rings. The average Bonchev–Trinajstić information content (AvgIpc) is 2.48. The average molecular weight is 283 g/mol. The molecule has 2 amide bonds. The van der Waals surface area contributed by atoms with Crippen molar-refractivity contribution < 1.29 is 4.79 Å². The Bertz CT molecular complexity index is 598. The lowest BCUT2D eigenvalue weighted by atomic mass is 10.0. The summed E-state index contributed by atoms with van der Waals surface area (Å²) in [6.07, 6.45) is 1.72. The van der Waals surface area contributed by atoms with Crippen LogP contribution in [0.5, 0.6) is 0 Å². The van der Waals surface area contributed by atoms with Gasteiger partial charge in [0.1, 0.15) is 0 Å². The molecule has 1 heterocycles. The number of pyridine rings is 1. The SMILES string of the molecule is Cc1ccccc1[C@@H](C)NC(=O)N[C@@H](C)c1ccccn1. The first-order chi connectivity index (χ1) is 10.1. The van der Waals surface area contributed by atoms with E-state index in [0.717, 1.165) is 11.3 Å². The Morgan fingerprint density at radius 3 is 2.33 bits per heavy atom. The number of carbonyl (C=O) groups excluding carboxylic acids is 1. The monoisotopic (exact) mass is 283 g/mol. The summed E-state index contributed by atoms with van der Waals surface area (Å²) in [4.78, 5) is 16.3. The van der Waals surface area contributed by atoms with E-state index in [2.05, 4.69) is 15.6 Å². The number of rotatable bonds is 4. The zero-order chi connectivity index (χ0) is 15.2. The third-order valence-corrected chi connectivity index (χ3v) is 3.48. The summed E-state index contributed by atoms with van der Waals surface area (Å²) in [6.45, 7) is 5.94. The minimum Gasteiger partial charge on any atom is -0.332 e. The molecule has 1 aromatic heterocycles. The second-order valence-electron chi connectivity index (χ2n) is 5.17. The van der Waals surface area contributed by atoms with Gasteiger partial charge in [-0.25, -0.2) is 4.79 Å². The van der Waals surface area contributed by atoms with Crippen LogP contribution >= 0.6 is 0 Å². The normalized spacial score (nSPS) is 13.3. The molecule has 2 atom stereocenters. The highest BCUT2D eigenvalue weighted by atomic mass is 16.2. The molecule has 0 spiro atoms. The fourth-order valence-electron chi connectivity index (χ4n) is 2.29. The predicted molar refractivity (Wildman–Crippen MR) is 83.9 cm³/mol. The van der Waals surface area contributed by atoms with Gasteiger partial charge in [-0.15, -0.1) is 0 Å². The van der Waals surface area contributed by atoms with Gasteiger partial charge in [0.2, 0.25) is 0 Å². The topological polar surface area (TPSA) is 54.0 Å². The Kier molecular flexibility index (Phi) is 4.93. The van der Waals surface area contributed by atoms with E-state index < -0.39 is 0 Å². The van der Waals surface area contributed by atoms with E-state index in [1.165, 1.54) is 5.56 Å². The van der Waals surface area contributed by atoms with Crippen LogP contribution in [0.25, 0.3) is 0 Å². The van der Waals surface area contributed by atoms with E-state index in [4.69, 9.17) is 0 Å². The number of aryl methyl sites for hydroxylation is 1. The standard InChI is InChI=1S/C17H21N3O/c1-12-8-4-5-9-15(12)13(2)19-17(21)20-14(3)16-10-6-7-11-18-16/h4-11,13-14H,1-3H3,(H2,19,20,21)/t13-,14+/m1/s1. The van der Waals surface area contributed by atoms with Gasteiger partial charge in [-0.05, 0) is 44.0 Å². The number of hydrogen-bond acceptors (Lipinski definition) is 2. The van der Waals surface area contributed by atoms with Crippen molar-refractivity contribution in [2.45, 2.75) is 32.9 Å². The van der Waals surface area contributed by atoms with Crippen LogP contribution in [0.2, 0.25) is 0 Å². The Morgan fingerprint density at radius 2 is 1.67 bits per heavy atom. The molecule has 0 radical (unpaired) electrons. The number of amides is 2. The zero-order valence-corrected chi connectivity index (χ0v) is 12.6. The molecule has 0 bridgehead atoms. The maximum absolute atomic E-state index is 12.1. The quantitative estimate of drug-likeness (QED) is 0.902. The van der Waals surface area contributed by atoms with E-state index in [1.807, 2.05) is 63.2 Å². The van der Waals surface area contributed by atoms with E-state index in [9.17, 15) is 4.79 Å². The Labute approximate surface area is 125 Å². The second-order valence-corrected chi connectivity index (χ2v) is 5.17. The largest absolute Gasteiger partial charge is 0.332 e. The zero-order valence-electron chi connectivity index (χ0n) is 12.6. The summed E-state index contributed by atoms with van der Waals surface area (Å²) in [5.41, 5.74) is 3.14. The number of nitrogens with one attached hydrogen (secondary N) is 2. The number of urea groups is 1. The highest BCUT2D eigenvalue weighted by Crippen LogP contribution is 2.16. The van der Waals surface area contributed by atoms with Gasteiger partial charge in [0, 0.05) is 6.20 Å². The highest BCUT2D eigenvalue weighted by molar-refractivity contribution is 5.74. The molecule has 1 aromatic carbocycles. The summed E-state index contributed by atoms with van der Waals surface area (Å²) in [6, 6.07) is 13.4. The number of carbonyl (C=O) groups is 1. The van der Waals surface area contributed by atoms with Crippen molar-refractivity contribution in [3.05, 3.63) is 65.5 Å². The maximum atomic E-state index is 12.1. The third-order valence-electron chi connectivity index (χ3n) is 3.48. The third kappa shape index (κ3) is 4.05. The van der Waals surface area contributed by atoms with E-state index in [-0.39, 0.29) is 18.1 Å². The minimum atomic E-state index is -0.191. The van der Waals surface area contributed by atoms with Crippen LogP contribution < -0.4 is 10.6 Å². The van der Waals surface area contributed by atoms with Crippen LogP contribution in [0.15, 0.2) is 48.7 Å². The summed E-state index contributed by atoms with van der Waals surface area (Å²) in [5, 5.41) is 5.86. The first kappa shape index (κ1) is 15.0. The summed E-state index contributed by atoms with van der Waals surface area (Å²) >= 11 is 0. The molecule has 4 heteroatoms. The fourth-order valence-corrected chi connectivity index (χ4v) is 2.29. The van der Waals surface area contributed by atoms with Crippen LogP contribution in [-0.4, -0.2) is 11.0 Å². The van der Waals surface area contributed by atoms with Gasteiger partial charge in [-0.2, -0.15) is 0 Å². The molecule has 4 nitrogen and oxygen atoms in total. The number of benzene rings is 1. The van der Waals surface area contributed by atoms with E-state index >= 15 is 0 Å². The molecule has 2 aromatic rings. The van der Waals surface area contributed by atoms with Crippen LogP contribution in [0.4, 0.5) is 4.79 Å². The van der Waals surface area contributed by atoms with E-state index in [1.54, 1.807) is 6.20 Å². The van der Waals surface area contributed by atoms with Crippen LogP contribution in [0, 0.1) is 6.92 Å². The number of aromatic nitrogens is 1. The molecule has 21 heavy (non-hydrogen) atoms. The first-order valence-electron chi connectivity index (χ1n) is 7.11. The Hall–Kier alpha value is -2.36. The van der Waals surface area contributed by atoms with Crippen LogP contribution in [-0.2, 0) is 0 Å². The second kappa shape index (κ2) is 6.88. The van der Waals surface area contributed by atoms with Crippen molar-refractivity contribution in [2.24, 2.45) is 0 Å². The molecular weight excluding hydrogens is 262 g/mol. The van der Waals surface area contributed by atoms with Gasteiger partial charge in [0.15, 0.2) is 0 Å². The van der Waals surface area contributed by atoms with Crippen molar-refractivity contribution in [2.75, 3.05) is 0 Å². The van der Waals surface area contributed by atoms with Crippen LogP contribution in [0.3, 0.4) is 0 Å². The fraction of sp³-hybridized carbons (Fsp3) is 0.294. The summed E-state index contributed by atoms with van der Waals surface area (Å²) in [5.74, 6) is 0. The molecule has 110 valence electrons. The van der Waals surface area contributed by atoms with Crippen molar-refractivity contribution in [3.63, 3.8) is 0 Å². The highest BCUT2D eigenvalue weighted by Gasteiger charge is 2.14. The smallest absolute Gasteiger partial charge is 0.315 e. The summed E-state index contributed by atoms with van der Waals surface area (Å²) < 4.78 is 0. The number of nitrogens with zero attached hydrogens (tertiary/aromatic N) is 1. The molecular formula is C17H21N3O.